The van der Waals surface area contributed by atoms with Gasteiger partial charge < -0.3 is 19.5 Å². The molecule has 2 N–H and O–H groups in total. The van der Waals surface area contributed by atoms with Crippen LogP contribution in [0.2, 0.25) is 5.02 Å². The van der Waals surface area contributed by atoms with Crippen molar-refractivity contribution in [2.75, 3.05) is 6.61 Å². The minimum atomic E-state index is -1.61. The van der Waals surface area contributed by atoms with Crippen molar-refractivity contribution in [3.05, 3.63) is 74.8 Å². The summed E-state index contributed by atoms with van der Waals surface area (Å²) in [6.07, 6.45) is -0.170. The van der Waals surface area contributed by atoms with E-state index in [1.165, 1.54) is 16.8 Å². The van der Waals surface area contributed by atoms with Gasteiger partial charge in [0.05, 0.1) is 23.3 Å². The first-order valence-corrected chi connectivity index (χ1v) is 8.39. The Morgan fingerprint density at radius 2 is 2.04 bits per heavy atom. The van der Waals surface area contributed by atoms with E-state index in [1.54, 1.807) is 30.3 Å². The van der Waals surface area contributed by atoms with Gasteiger partial charge in [0.1, 0.15) is 5.82 Å². The van der Waals surface area contributed by atoms with Gasteiger partial charge in [-0.2, -0.15) is 0 Å². The van der Waals surface area contributed by atoms with Gasteiger partial charge in [-0.1, -0.05) is 29.8 Å². The number of fused-ring (bicyclic) bond motifs is 1. The number of aliphatic hydroxyl groups excluding tert-OH is 1. The molecular formula is C19H15ClFNO5. The summed E-state index contributed by atoms with van der Waals surface area (Å²) in [5.74, 6) is -0.894. The fourth-order valence-corrected chi connectivity index (χ4v) is 3.09. The number of nitrogens with zero attached hydrogens (tertiary/aromatic N) is 1. The highest BCUT2D eigenvalue weighted by molar-refractivity contribution is 6.30. The second-order valence-electron chi connectivity index (χ2n) is 5.85. The molecule has 0 spiro atoms. The summed E-state index contributed by atoms with van der Waals surface area (Å²) in [5, 5.41) is 18.3. The van der Waals surface area contributed by atoms with E-state index in [0.717, 1.165) is 0 Å². The quantitative estimate of drug-likeness (QED) is 0.650. The third-order valence-corrected chi connectivity index (χ3v) is 4.37. The number of rotatable bonds is 5. The largest absolute Gasteiger partial charge is 0.511 e. The first kappa shape index (κ1) is 18.9. The van der Waals surface area contributed by atoms with Crippen molar-refractivity contribution in [1.82, 2.24) is 4.57 Å². The van der Waals surface area contributed by atoms with Crippen LogP contribution in [-0.4, -0.2) is 27.5 Å². The Labute approximate surface area is 158 Å². The maximum absolute atomic E-state index is 14.1. The monoisotopic (exact) mass is 391 g/mol. The average Bonchev–Trinajstić information content (AvgIpc) is 2.63. The number of aromatic nitrogens is 1. The molecule has 2 aromatic carbocycles. The lowest BCUT2D eigenvalue weighted by Crippen LogP contribution is -2.17. The number of carbonyl (C=O) groups is 1. The van der Waals surface area contributed by atoms with Crippen LogP contribution in [0, 0.1) is 5.82 Å². The van der Waals surface area contributed by atoms with Crippen LogP contribution in [0.4, 0.5) is 9.18 Å². The molecule has 0 aliphatic heterocycles. The van der Waals surface area contributed by atoms with Crippen LogP contribution < -0.4 is 10.2 Å². The van der Waals surface area contributed by atoms with Crippen molar-refractivity contribution < 1.29 is 24.1 Å². The standard InChI is InChI=1S/C19H15ClFNO5/c20-14-3-1-2-12(17(14)21)8-11-4-5-15-13(9-11)18(24)16(27-19(25)26)10-22(15)6-7-23/h1-5,9-10,23H,6-8H2,(H,25,26). The molecule has 0 atom stereocenters. The maximum Gasteiger partial charge on any atom is 0.511 e. The molecule has 0 amide bonds. The van der Waals surface area contributed by atoms with Gasteiger partial charge in [0, 0.05) is 18.4 Å². The Bertz CT molecular complexity index is 1080. The highest BCUT2D eigenvalue weighted by atomic mass is 35.5. The Hall–Kier alpha value is -2.90. The van der Waals surface area contributed by atoms with Crippen molar-refractivity contribution >= 4 is 28.7 Å². The molecule has 0 saturated heterocycles. The molecule has 0 aliphatic rings. The topological polar surface area (TPSA) is 88.8 Å². The number of hydrogen-bond donors (Lipinski definition) is 2. The first-order chi connectivity index (χ1) is 12.9. The molecule has 3 aromatic rings. The van der Waals surface area contributed by atoms with E-state index >= 15 is 0 Å². The smallest absolute Gasteiger partial charge is 0.449 e. The molecule has 3 rings (SSSR count). The van der Waals surface area contributed by atoms with E-state index in [1.807, 2.05) is 0 Å². The molecular weight excluding hydrogens is 377 g/mol. The highest BCUT2D eigenvalue weighted by Crippen LogP contribution is 2.23. The first-order valence-electron chi connectivity index (χ1n) is 8.01. The van der Waals surface area contributed by atoms with Crippen molar-refractivity contribution in [1.29, 1.82) is 0 Å². The van der Waals surface area contributed by atoms with Crippen LogP contribution >= 0.6 is 11.6 Å². The lowest BCUT2D eigenvalue weighted by molar-refractivity contribution is 0.143. The number of ether oxygens (including phenoxy) is 1. The van der Waals surface area contributed by atoms with E-state index in [2.05, 4.69) is 4.74 Å². The Morgan fingerprint density at radius 1 is 1.26 bits per heavy atom. The Morgan fingerprint density at radius 3 is 2.74 bits per heavy atom. The number of hydrogen-bond acceptors (Lipinski definition) is 4. The fraction of sp³-hybridized carbons (Fsp3) is 0.158. The summed E-state index contributed by atoms with van der Waals surface area (Å²) >= 11 is 5.80. The van der Waals surface area contributed by atoms with Crippen molar-refractivity contribution in [2.45, 2.75) is 13.0 Å². The molecule has 0 radical (unpaired) electrons. The third-order valence-electron chi connectivity index (χ3n) is 4.08. The van der Waals surface area contributed by atoms with E-state index in [4.69, 9.17) is 16.7 Å². The zero-order valence-corrected chi connectivity index (χ0v) is 14.7. The Kier molecular flexibility index (Phi) is 5.43. The molecule has 0 fully saturated rings. The summed E-state index contributed by atoms with van der Waals surface area (Å²) < 4.78 is 20.2. The highest BCUT2D eigenvalue weighted by Gasteiger charge is 2.14. The molecule has 140 valence electrons. The van der Waals surface area contributed by atoms with E-state index in [9.17, 15) is 19.1 Å². The molecule has 6 nitrogen and oxygen atoms in total. The molecule has 0 bridgehead atoms. The summed E-state index contributed by atoms with van der Waals surface area (Å²) in [5.41, 5.74) is 0.913. The fourth-order valence-electron chi connectivity index (χ4n) is 2.89. The van der Waals surface area contributed by atoms with Crippen LogP contribution in [0.15, 0.2) is 47.4 Å². The number of aliphatic hydroxyl groups is 1. The van der Waals surface area contributed by atoms with Gasteiger partial charge in [-0.3, -0.25) is 4.79 Å². The summed E-state index contributed by atoms with van der Waals surface area (Å²) in [6.45, 7) is -0.0605. The van der Waals surface area contributed by atoms with Gasteiger partial charge in [0.25, 0.3) is 0 Å². The van der Waals surface area contributed by atoms with Gasteiger partial charge in [-0.25, -0.2) is 9.18 Å². The number of halogens is 2. The van der Waals surface area contributed by atoms with E-state index in [0.29, 0.717) is 16.6 Å². The van der Waals surface area contributed by atoms with Crippen LogP contribution in [0.3, 0.4) is 0 Å². The lowest BCUT2D eigenvalue weighted by Gasteiger charge is -2.13. The molecule has 0 unspecified atom stereocenters. The number of benzene rings is 2. The predicted molar refractivity (Wildman–Crippen MR) is 98.2 cm³/mol. The zero-order valence-electron chi connectivity index (χ0n) is 14.0. The predicted octanol–water partition coefficient (Wildman–Crippen LogP) is 3.43. The van der Waals surface area contributed by atoms with Crippen molar-refractivity contribution in [3.8, 4) is 5.75 Å². The van der Waals surface area contributed by atoms with E-state index in [-0.39, 0.29) is 35.7 Å². The minimum Gasteiger partial charge on any atom is -0.449 e. The normalized spacial score (nSPS) is 10.9. The van der Waals surface area contributed by atoms with Crippen LogP contribution in [0.1, 0.15) is 11.1 Å². The molecule has 8 heteroatoms. The minimum absolute atomic E-state index is 0.00994. The van der Waals surface area contributed by atoms with Gasteiger partial charge >= 0.3 is 6.16 Å². The van der Waals surface area contributed by atoms with Crippen LogP contribution in [0.25, 0.3) is 10.9 Å². The van der Waals surface area contributed by atoms with Gasteiger partial charge in [-0.15, -0.1) is 0 Å². The van der Waals surface area contributed by atoms with Gasteiger partial charge in [0.2, 0.25) is 5.43 Å². The second kappa shape index (κ2) is 7.77. The summed E-state index contributed by atoms with van der Waals surface area (Å²) in [7, 11) is 0. The average molecular weight is 392 g/mol. The van der Waals surface area contributed by atoms with Crippen LogP contribution in [0.5, 0.6) is 5.75 Å². The lowest BCUT2D eigenvalue weighted by atomic mass is 10.0. The number of pyridine rings is 1. The third kappa shape index (κ3) is 3.94. The Balaban J connectivity index is 2.12. The molecule has 0 aliphatic carbocycles. The second-order valence-corrected chi connectivity index (χ2v) is 6.26. The van der Waals surface area contributed by atoms with E-state index < -0.39 is 17.4 Å². The van der Waals surface area contributed by atoms with Crippen LogP contribution in [-0.2, 0) is 13.0 Å². The van der Waals surface area contributed by atoms with Crippen molar-refractivity contribution in [2.24, 2.45) is 0 Å². The van der Waals surface area contributed by atoms with Gasteiger partial charge in [0.15, 0.2) is 5.75 Å². The van der Waals surface area contributed by atoms with Crippen molar-refractivity contribution in [3.63, 3.8) is 0 Å². The summed E-state index contributed by atoms with van der Waals surface area (Å²) in [4.78, 5) is 23.4. The summed E-state index contributed by atoms with van der Waals surface area (Å²) in [6, 6.07) is 9.63. The molecule has 1 aromatic heterocycles. The maximum atomic E-state index is 14.1. The molecule has 0 saturated carbocycles. The number of carboxylic acid groups (broad SMARTS) is 1. The molecule has 27 heavy (non-hydrogen) atoms. The SMILES string of the molecule is O=C(O)Oc1cn(CCO)c2ccc(Cc3cccc(Cl)c3F)cc2c1=O. The molecule has 1 heterocycles. The zero-order chi connectivity index (χ0) is 19.6. The van der Waals surface area contributed by atoms with Gasteiger partial charge in [-0.05, 0) is 29.3 Å².